The van der Waals surface area contributed by atoms with Gasteiger partial charge in [-0.2, -0.15) is 0 Å². The first-order valence-corrected chi connectivity index (χ1v) is 11.7. The fourth-order valence-corrected chi connectivity index (χ4v) is 3.80. The van der Waals surface area contributed by atoms with Gasteiger partial charge in [0.25, 0.3) is 0 Å². The molecule has 0 amide bonds. The van der Waals surface area contributed by atoms with Gasteiger partial charge >= 0.3 is 0 Å². The number of β-amino-alcohol motifs (C(OH)–C–C–N with tert-alkyl or cyclic N) is 1. The third-order valence-corrected chi connectivity index (χ3v) is 5.69. The molecule has 3 aromatic carbocycles. The predicted molar refractivity (Wildman–Crippen MR) is 133 cm³/mol. The van der Waals surface area contributed by atoms with Crippen molar-refractivity contribution in [3.63, 3.8) is 0 Å². The highest BCUT2D eigenvalue weighted by Crippen LogP contribution is 2.20. The zero-order valence-electron chi connectivity index (χ0n) is 20.2. The molecule has 0 heterocycles. The number of aliphatic hydroxyl groups excluding tert-OH is 1. The second-order valence-electron chi connectivity index (χ2n) is 9.16. The van der Waals surface area contributed by atoms with Crippen LogP contribution >= 0.6 is 0 Å². The molecule has 2 N–H and O–H groups in total. The van der Waals surface area contributed by atoms with Crippen LogP contribution < -0.4 is 5.32 Å². The Balaban J connectivity index is 1.42. The first-order valence-electron chi connectivity index (χ1n) is 11.7. The van der Waals surface area contributed by atoms with Gasteiger partial charge in [0.05, 0.1) is 25.4 Å². The molecule has 0 aliphatic rings. The topological polar surface area (TPSA) is 60.0 Å². The second-order valence-corrected chi connectivity index (χ2v) is 9.16. The number of rotatable bonds is 13. The molecule has 5 nitrogen and oxygen atoms in total. The monoisotopic (exact) mass is 451 g/mol. The number of hydrogen-bond donors (Lipinski definition) is 2. The predicted octanol–water partition coefficient (Wildman–Crippen LogP) is 5.36. The van der Waals surface area contributed by atoms with E-state index in [4.69, 9.17) is 14.5 Å². The molecule has 5 heteroatoms. The molecule has 3 aromatic rings. The van der Waals surface area contributed by atoms with Gasteiger partial charge in [-0.05, 0) is 61.6 Å². The van der Waals surface area contributed by atoms with Gasteiger partial charge in [0, 0.05) is 12.1 Å². The largest absolute Gasteiger partial charge is 0.389 e. The van der Waals surface area contributed by atoms with Crippen LogP contribution in [-0.4, -0.2) is 36.5 Å². The van der Waals surface area contributed by atoms with Gasteiger partial charge < -0.3 is 15.2 Å². The van der Waals surface area contributed by atoms with Crippen molar-refractivity contribution in [1.29, 1.82) is 0 Å². The number of benzene rings is 3. The lowest BCUT2D eigenvalue weighted by atomic mass is 9.93. The van der Waals surface area contributed by atoms with Crippen LogP contribution in [0.4, 0.5) is 0 Å². The molecule has 0 aromatic heterocycles. The van der Waals surface area contributed by atoms with E-state index >= 15 is 0 Å². The Morgan fingerprint density at radius 2 is 1.61 bits per heavy atom. The molecular weight excluding hydrogens is 414 g/mol. The highest BCUT2D eigenvalue weighted by Gasteiger charge is 2.20. The van der Waals surface area contributed by atoms with Crippen LogP contribution in [0.1, 0.15) is 50.5 Å². The molecular formula is C28H37NO4. The molecule has 3 rings (SSSR count). The molecule has 0 aliphatic heterocycles. The van der Waals surface area contributed by atoms with E-state index in [-0.39, 0.29) is 18.2 Å². The Hall–Kier alpha value is -2.28. The number of hydrogen-bond acceptors (Lipinski definition) is 5. The smallest absolute Gasteiger partial charge is 0.107 e. The van der Waals surface area contributed by atoms with Gasteiger partial charge in [-0.1, -0.05) is 66.7 Å². The maximum atomic E-state index is 10.5. The third-order valence-electron chi connectivity index (χ3n) is 5.69. The van der Waals surface area contributed by atoms with Gasteiger partial charge in [-0.3, -0.25) is 0 Å². The van der Waals surface area contributed by atoms with Crippen LogP contribution in [0.3, 0.4) is 0 Å². The van der Waals surface area contributed by atoms with E-state index in [1.165, 1.54) is 16.3 Å². The van der Waals surface area contributed by atoms with Crippen molar-refractivity contribution in [2.24, 2.45) is 0 Å². The van der Waals surface area contributed by atoms with E-state index in [1.807, 2.05) is 38.1 Å². The average molecular weight is 452 g/mol. The first kappa shape index (κ1) is 25.3. The zero-order chi connectivity index (χ0) is 23.7. The van der Waals surface area contributed by atoms with Crippen molar-refractivity contribution in [2.45, 2.75) is 58.5 Å². The maximum absolute atomic E-state index is 10.5. The molecule has 0 aliphatic carbocycles. The molecule has 178 valence electrons. The summed E-state index contributed by atoms with van der Waals surface area (Å²) in [5, 5.41) is 16.5. The van der Waals surface area contributed by atoms with Crippen molar-refractivity contribution in [1.82, 2.24) is 5.32 Å². The first-order chi connectivity index (χ1) is 15.9. The van der Waals surface area contributed by atoms with Crippen molar-refractivity contribution in [2.75, 3.05) is 19.8 Å². The second kappa shape index (κ2) is 12.3. The van der Waals surface area contributed by atoms with E-state index in [1.54, 1.807) is 0 Å². The molecule has 0 radical (unpaired) electrons. The molecule has 0 saturated heterocycles. The van der Waals surface area contributed by atoms with Crippen LogP contribution in [0.5, 0.6) is 0 Å². The number of ether oxygens (including phenoxy) is 1. The van der Waals surface area contributed by atoms with Gasteiger partial charge in [0.15, 0.2) is 0 Å². The van der Waals surface area contributed by atoms with E-state index in [2.05, 4.69) is 61.6 Å². The summed E-state index contributed by atoms with van der Waals surface area (Å²) in [6.45, 7) is 9.90. The van der Waals surface area contributed by atoms with E-state index < -0.39 is 6.10 Å². The standard InChI is InChI=1S/C28H37NO4/c1-5-32-33-19-22-10-13-24(14-11-22)21(2)31-20-27(30)18-29-28(3,4)17-23-12-15-25-8-6-7-9-26(25)16-23/h6-16,21,27,29-30H,5,17-20H2,1-4H3/t21?,27-/m1/s1. The quantitative estimate of drug-likeness (QED) is 0.208. The minimum absolute atomic E-state index is 0.105. The Kier molecular flexibility index (Phi) is 9.41. The summed E-state index contributed by atoms with van der Waals surface area (Å²) in [6, 6.07) is 23.0. The Morgan fingerprint density at radius 3 is 2.33 bits per heavy atom. The summed E-state index contributed by atoms with van der Waals surface area (Å²) in [5.41, 5.74) is 3.24. The summed E-state index contributed by atoms with van der Waals surface area (Å²) < 4.78 is 5.91. The van der Waals surface area contributed by atoms with E-state index in [0.29, 0.717) is 19.8 Å². The lowest BCUT2D eigenvalue weighted by Crippen LogP contribution is -2.46. The fraction of sp³-hybridized carbons (Fsp3) is 0.429. The summed E-state index contributed by atoms with van der Waals surface area (Å²) in [7, 11) is 0. The third kappa shape index (κ3) is 8.22. The summed E-state index contributed by atoms with van der Waals surface area (Å²) in [6.07, 6.45) is 0.190. The molecule has 0 bridgehead atoms. The number of fused-ring (bicyclic) bond motifs is 1. The van der Waals surface area contributed by atoms with Crippen LogP contribution in [-0.2, 0) is 27.5 Å². The van der Waals surface area contributed by atoms with Gasteiger partial charge in [0.1, 0.15) is 6.61 Å². The average Bonchev–Trinajstić information content (AvgIpc) is 2.81. The normalized spacial score (nSPS) is 13.8. The van der Waals surface area contributed by atoms with E-state index in [9.17, 15) is 5.11 Å². The Morgan fingerprint density at radius 1 is 0.909 bits per heavy atom. The van der Waals surface area contributed by atoms with Gasteiger partial charge in [-0.25, -0.2) is 9.78 Å². The zero-order valence-corrected chi connectivity index (χ0v) is 20.2. The summed E-state index contributed by atoms with van der Waals surface area (Å²) in [5.74, 6) is 0. The van der Waals surface area contributed by atoms with Crippen molar-refractivity contribution >= 4 is 10.8 Å². The van der Waals surface area contributed by atoms with Crippen molar-refractivity contribution in [3.05, 3.63) is 83.4 Å². The molecule has 0 fully saturated rings. The minimum Gasteiger partial charge on any atom is -0.389 e. The number of nitrogens with one attached hydrogen (secondary N) is 1. The summed E-state index contributed by atoms with van der Waals surface area (Å²) in [4.78, 5) is 10.0. The summed E-state index contributed by atoms with van der Waals surface area (Å²) >= 11 is 0. The van der Waals surface area contributed by atoms with Gasteiger partial charge in [-0.15, -0.1) is 0 Å². The SMILES string of the molecule is CCOOCc1ccc(C(C)OC[C@H](O)CNC(C)(C)Cc2ccc3ccccc3c2)cc1. The minimum atomic E-state index is -0.581. The van der Waals surface area contributed by atoms with Crippen LogP contribution in [0.25, 0.3) is 10.8 Å². The van der Waals surface area contributed by atoms with Crippen LogP contribution in [0.15, 0.2) is 66.7 Å². The highest BCUT2D eigenvalue weighted by molar-refractivity contribution is 5.83. The molecule has 2 atom stereocenters. The van der Waals surface area contributed by atoms with Crippen LogP contribution in [0.2, 0.25) is 0 Å². The molecule has 0 spiro atoms. The van der Waals surface area contributed by atoms with Crippen molar-refractivity contribution < 1.29 is 19.6 Å². The molecule has 1 unspecified atom stereocenters. The number of aliphatic hydroxyl groups is 1. The lowest BCUT2D eigenvalue weighted by molar-refractivity contribution is -0.300. The lowest BCUT2D eigenvalue weighted by Gasteiger charge is -2.28. The van der Waals surface area contributed by atoms with Crippen LogP contribution in [0, 0.1) is 0 Å². The Labute approximate surface area is 197 Å². The Bertz CT molecular complexity index is 987. The van der Waals surface area contributed by atoms with E-state index in [0.717, 1.165) is 17.5 Å². The molecule has 0 saturated carbocycles. The maximum Gasteiger partial charge on any atom is 0.107 e. The van der Waals surface area contributed by atoms with Gasteiger partial charge in [0.2, 0.25) is 0 Å². The van der Waals surface area contributed by atoms with Crippen molar-refractivity contribution in [3.8, 4) is 0 Å². The fourth-order valence-electron chi connectivity index (χ4n) is 3.80. The molecule has 33 heavy (non-hydrogen) atoms. The highest BCUT2D eigenvalue weighted by atomic mass is 17.2.